The zero-order chi connectivity index (χ0) is 24.2. The van der Waals surface area contributed by atoms with Crippen molar-refractivity contribution in [1.29, 1.82) is 0 Å². The SMILES string of the molecule is CNC(=O)c1cc(-c2cc([C@@H]3CN(C(=O)OC(C)(C)C)C[C@@H](CSC)O3)cc(Cl)n2)ncn1. The van der Waals surface area contributed by atoms with Gasteiger partial charge in [0.2, 0.25) is 0 Å². The first-order valence-electron chi connectivity index (χ1n) is 10.4. The minimum Gasteiger partial charge on any atom is -0.444 e. The summed E-state index contributed by atoms with van der Waals surface area (Å²) in [6.07, 6.45) is 2.32. The summed E-state index contributed by atoms with van der Waals surface area (Å²) in [5.41, 5.74) is 1.31. The highest BCUT2D eigenvalue weighted by Gasteiger charge is 2.34. The van der Waals surface area contributed by atoms with E-state index in [0.717, 1.165) is 11.3 Å². The van der Waals surface area contributed by atoms with E-state index in [-0.39, 0.29) is 29.0 Å². The monoisotopic (exact) mass is 493 g/mol. The molecule has 2 aromatic heterocycles. The maximum absolute atomic E-state index is 12.8. The van der Waals surface area contributed by atoms with E-state index in [0.29, 0.717) is 24.5 Å². The highest BCUT2D eigenvalue weighted by molar-refractivity contribution is 7.98. The number of nitrogens with one attached hydrogen (secondary N) is 1. The summed E-state index contributed by atoms with van der Waals surface area (Å²) >= 11 is 7.98. The molecule has 33 heavy (non-hydrogen) atoms. The van der Waals surface area contributed by atoms with Crippen LogP contribution in [0.3, 0.4) is 0 Å². The van der Waals surface area contributed by atoms with Gasteiger partial charge in [0.25, 0.3) is 5.91 Å². The number of ether oxygens (including phenoxy) is 2. The van der Waals surface area contributed by atoms with Crippen molar-refractivity contribution in [3.8, 4) is 11.4 Å². The molecule has 0 radical (unpaired) electrons. The molecule has 1 aliphatic heterocycles. The fourth-order valence-corrected chi connectivity index (χ4v) is 4.13. The molecule has 2 atom stereocenters. The van der Waals surface area contributed by atoms with Gasteiger partial charge in [-0.25, -0.2) is 19.7 Å². The summed E-state index contributed by atoms with van der Waals surface area (Å²) < 4.78 is 11.9. The van der Waals surface area contributed by atoms with Gasteiger partial charge in [0.15, 0.2) is 0 Å². The predicted molar refractivity (Wildman–Crippen MR) is 127 cm³/mol. The zero-order valence-corrected chi connectivity index (χ0v) is 20.9. The van der Waals surface area contributed by atoms with Crippen molar-refractivity contribution in [2.75, 3.05) is 32.1 Å². The molecule has 3 heterocycles. The van der Waals surface area contributed by atoms with Crippen LogP contribution in [0.1, 0.15) is 42.9 Å². The van der Waals surface area contributed by atoms with Gasteiger partial charge in [0.1, 0.15) is 28.9 Å². The Morgan fingerprint density at radius 2 is 2.00 bits per heavy atom. The Morgan fingerprint density at radius 3 is 2.67 bits per heavy atom. The molecule has 11 heteroatoms. The number of rotatable bonds is 5. The van der Waals surface area contributed by atoms with Gasteiger partial charge in [0, 0.05) is 12.8 Å². The Balaban J connectivity index is 1.92. The minimum absolute atomic E-state index is 0.166. The predicted octanol–water partition coefficient (Wildman–Crippen LogP) is 3.59. The molecule has 0 unspecified atom stereocenters. The summed E-state index contributed by atoms with van der Waals surface area (Å²) in [7, 11) is 1.53. The number of carbonyl (C=O) groups excluding carboxylic acids is 2. The highest BCUT2D eigenvalue weighted by atomic mass is 35.5. The molecule has 0 spiro atoms. The minimum atomic E-state index is -0.595. The summed E-state index contributed by atoms with van der Waals surface area (Å²) in [5, 5.41) is 2.79. The van der Waals surface area contributed by atoms with Gasteiger partial charge in [-0.15, -0.1) is 0 Å². The lowest BCUT2D eigenvalue weighted by molar-refractivity contribution is -0.0797. The van der Waals surface area contributed by atoms with E-state index in [4.69, 9.17) is 21.1 Å². The second-order valence-electron chi connectivity index (χ2n) is 8.56. The summed E-state index contributed by atoms with van der Waals surface area (Å²) in [6, 6.07) is 5.07. The van der Waals surface area contributed by atoms with Gasteiger partial charge in [-0.1, -0.05) is 11.6 Å². The Kier molecular flexibility index (Phi) is 8.14. The highest BCUT2D eigenvalue weighted by Crippen LogP contribution is 2.31. The lowest BCUT2D eigenvalue weighted by Crippen LogP contribution is -2.49. The number of pyridine rings is 1. The van der Waals surface area contributed by atoms with Crippen molar-refractivity contribution >= 4 is 35.4 Å². The molecule has 1 saturated heterocycles. The smallest absolute Gasteiger partial charge is 0.410 e. The topological polar surface area (TPSA) is 107 Å². The van der Waals surface area contributed by atoms with Gasteiger partial charge in [-0.3, -0.25) is 4.79 Å². The van der Waals surface area contributed by atoms with Crippen molar-refractivity contribution in [3.05, 3.63) is 40.9 Å². The van der Waals surface area contributed by atoms with Gasteiger partial charge >= 0.3 is 6.09 Å². The van der Waals surface area contributed by atoms with E-state index >= 15 is 0 Å². The number of hydrogen-bond acceptors (Lipinski definition) is 8. The number of carbonyl (C=O) groups is 2. The first-order valence-corrected chi connectivity index (χ1v) is 12.2. The molecule has 0 aliphatic carbocycles. The lowest BCUT2D eigenvalue weighted by atomic mass is 10.1. The normalized spacial score (nSPS) is 18.7. The van der Waals surface area contributed by atoms with Crippen LogP contribution in [0.15, 0.2) is 24.5 Å². The Morgan fingerprint density at radius 1 is 1.24 bits per heavy atom. The molecule has 0 saturated carbocycles. The lowest BCUT2D eigenvalue weighted by Gasteiger charge is -2.38. The molecule has 178 valence electrons. The molecule has 9 nitrogen and oxygen atoms in total. The number of nitrogens with zero attached hydrogens (tertiary/aromatic N) is 4. The summed E-state index contributed by atoms with van der Waals surface area (Å²) in [4.78, 5) is 39.0. The zero-order valence-electron chi connectivity index (χ0n) is 19.3. The molecule has 1 aliphatic rings. The van der Waals surface area contributed by atoms with Gasteiger partial charge in [0.05, 0.1) is 30.6 Å². The molecule has 1 N–H and O–H groups in total. The molecule has 0 bridgehead atoms. The van der Waals surface area contributed by atoms with Crippen LogP contribution in [0, 0.1) is 0 Å². The van der Waals surface area contributed by atoms with Crippen molar-refractivity contribution in [2.24, 2.45) is 0 Å². The molecule has 3 rings (SSSR count). The number of aromatic nitrogens is 3. The van der Waals surface area contributed by atoms with E-state index < -0.39 is 11.7 Å². The number of thioether (sulfide) groups is 1. The van der Waals surface area contributed by atoms with E-state index in [2.05, 4.69) is 20.3 Å². The van der Waals surface area contributed by atoms with E-state index in [9.17, 15) is 9.59 Å². The number of amides is 2. The van der Waals surface area contributed by atoms with Crippen LogP contribution in [0.25, 0.3) is 11.4 Å². The summed E-state index contributed by atoms with van der Waals surface area (Å²) in [5.74, 6) is 0.396. The average molecular weight is 494 g/mol. The van der Waals surface area contributed by atoms with Crippen LogP contribution in [0.4, 0.5) is 4.79 Å². The third kappa shape index (κ3) is 6.78. The quantitative estimate of drug-likeness (QED) is 0.630. The maximum Gasteiger partial charge on any atom is 0.410 e. The van der Waals surface area contributed by atoms with Crippen LogP contribution in [0.5, 0.6) is 0 Å². The summed E-state index contributed by atoms with van der Waals surface area (Å²) in [6.45, 7) is 6.27. The van der Waals surface area contributed by atoms with Crippen molar-refractivity contribution in [3.63, 3.8) is 0 Å². The molecule has 0 aromatic carbocycles. The van der Waals surface area contributed by atoms with Crippen molar-refractivity contribution in [1.82, 2.24) is 25.2 Å². The van der Waals surface area contributed by atoms with Crippen LogP contribution < -0.4 is 5.32 Å². The average Bonchev–Trinajstić information content (AvgIpc) is 2.77. The first-order chi connectivity index (χ1) is 15.6. The Labute approximate surface area is 202 Å². The molecule has 1 fully saturated rings. The van der Waals surface area contributed by atoms with Crippen LogP contribution in [-0.4, -0.2) is 75.7 Å². The standard InChI is InChI=1S/C22H28ClN5O4S/c1-22(2,3)32-21(30)28-9-14(11-33-5)31-18(10-28)13-6-16(27-19(23)7-13)15-8-17(20(29)24-4)26-12-25-15/h6-8,12,14,18H,9-11H2,1-5H3,(H,24,29)/t14-,18-/m0/s1. The second-order valence-corrected chi connectivity index (χ2v) is 9.86. The second kappa shape index (κ2) is 10.7. The Hall–Kier alpha value is -2.43. The van der Waals surface area contributed by atoms with Crippen molar-refractivity contribution < 1.29 is 19.1 Å². The maximum atomic E-state index is 12.8. The number of morpholine rings is 1. The van der Waals surface area contributed by atoms with Gasteiger partial charge in [-0.2, -0.15) is 11.8 Å². The van der Waals surface area contributed by atoms with Crippen molar-refractivity contribution in [2.45, 2.75) is 38.6 Å². The fraction of sp³-hybridized carbons (Fsp3) is 0.500. The van der Waals surface area contributed by atoms with Crippen LogP contribution in [-0.2, 0) is 9.47 Å². The molecular formula is C22H28ClN5O4S. The molecule has 2 amide bonds. The van der Waals surface area contributed by atoms with Gasteiger partial charge in [-0.05, 0) is 50.8 Å². The number of halogens is 1. The van der Waals surface area contributed by atoms with Crippen LogP contribution >= 0.6 is 23.4 Å². The molecular weight excluding hydrogens is 466 g/mol. The number of hydrogen-bond donors (Lipinski definition) is 1. The fourth-order valence-electron chi connectivity index (χ4n) is 3.36. The molecule has 2 aromatic rings. The van der Waals surface area contributed by atoms with Gasteiger partial charge < -0.3 is 19.7 Å². The first kappa shape index (κ1) is 25.2. The van der Waals surface area contributed by atoms with E-state index in [1.165, 1.54) is 13.4 Å². The third-order valence-electron chi connectivity index (χ3n) is 4.75. The van der Waals surface area contributed by atoms with E-state index in [1.54, 1.807) is 34.9 Å². The Bertz CT molecular complexity index is 1020. The van der Waals surface area contributed by atoms with Crippen LogP contribution in [0.2, 0.25) is 5.15 Å². The van der Waals surface area contributed by atoms with E-state index in [1.807, 2.05) is 27.0 Å². The largest absolute Gasteiger partial charge is 0.444 e. The third-order valence-corrected chi connectivity index (χ3v) is 5.65.